The van der Waals surface area contributed by atoms with Crippen LogP contribution in [0.3, 0.4) is 0 Å². The van der Waals surface area contributed by atoms with E-state index in [1.165, 1.54) is 45.1 Å². The van der Waals surface area contributed by atoms with Crippen molar-refractivity contribution in [2.45, 2.75) is 83.3 Å². The van der Waals surface area contributed by atoms with Crippen LogP contribution in [0.25, 0.3) is 0 Å². The zero-order valence-corrected chi connectivity index (χ0v) is 12.2. The SMILES string of the molecule is CCC1(C)CN(C2(C)CCCCC2)C(C)CN1. The summed E-state index contributed by atoms with van der Waals surface area (Å²) < 4.78 is 0. The normalized spacial score (nSPS) is 39.2. The van der Waals surface area contributed by atoms with Gasteiger partial charge in [0.25, 0.3) is 0 Å². The van der Waals surface area contributed by atoms with Gasteiger partial charge in [0.15, 0.2) is 0 Å². The Bertz CT molecular complexity index is 258. The van der Waals surface area contributed by atoms with Crippen molar-refractivity contribution >= 4 is 0 Å². The van der Waals surface area contributed by atoms with Gasteiger partial charge in [-0.1, -0.05) is 26.2 Å². The van der Waals surface area contributed by atoms with E-state index < -0.39 is 0 Å². The number of piperazine rings is 1. The van der Waals surface area contributed by atoms with Crippen LogP contribution in [0.15, 0.2) is 0 Å². The van der Waals surface area contributed by atoms with Gasteiger partial charge in [0.05, 0.1) is 0 Å². The Hall–Kier alpha value is -0.0800. The highest BCUT2D eigenvalue weighted by atomic mass is 15.3. The van der Waals surface area contributed by atoms with Gasteiger partial charge in [-0.15, -0.1) is 0 Å². The molecule has 1 aliphatic heterocycles. The van der Waals surface area contributed by atoms with Crippen molar-refractivity contribution in [1.82, 2.24) is 10.2 Å². The molecule has 1 N–H and O–H groups in total. The fourth-order valence-electron chi connectivity index (χ4n) is 3.65. The van der Waals surface area contributed by atoms with E-state index in [2.05, 4.69) is 37.9 Å². The van der Waals surface area contributed by atoms with Gasteiger partial charge >= 0.3 is 0 Å². The second-order valence-corrected chi connectivity index (χ2v) is 6.83. The topological polar surface area (TPSA) is 15.3 Å². The third-order valence-corrected chi connectivity index (χ3v) is 5.28. The van der Waals surface area contributed by atoms with Gasteiger partial charge < -0.3 is 5.32 Å². The van der Waals surface area contributed by atoms with Crippen molar-refractivity contribution in [2.24, 2.45) is 0 Å². The molecule has 0 aromatic heterocycles. The summed E-state index contributed by atoms with van der Waals surface area (Å²) >= 11 is 0. The second-order valence-electron chi connectivity index (χ2n) is 6.83. The summed E-state index contributed by atoms with van der Waals surface area (Å²) in [4.78, 5) is 2.81. The van der Waals surface area contributed by atoms with Gasteiger partial charge in [-0.2, -0.15) is 0 Å². The molecular formula is C15H30N2. The van der Waals surface area contributed by atoms with Gasteiger partial charge in [-0.05, 0) is 40.0 Å². The molecule has 0 radical (unpaired) electrons. The Morgan fingerprint density at radius 3 is 2.41 bits per heavy atom. The summed E-state index contributed by atoms with van der Waals surface area (Å²) in [7, 11) is 0. The molecular weight excluding hydrogens is 208 g/mol. The molecule has 1 aliphatic carbocycles. The molecule has 0 aromatic rings. The van der Waals surface area contributed by atoms with E-state index in [9.17, 15) is 0 Å². The smallest absolute Gasteiger partial charge is 0.0278 e. The average molecular weight is 238 g/mol. The van der Waals surface area contributed by atoms with Crippen LogP contribution < -0.4 is 5.32 Å². The molecule has 0 amide bonds. The van der Waals surface area contributed by atoms with Crippen LogP contribution >= 0.6 is 0 Å². The molecule has 0 aromatic carbocycles. The third-order valence-electron chi connectivity index (χ3n) is 5.28. The summed E-state index contributed by atoms with van der Waals surface area (Å²) in [6.07, 6.45) is 8.33. The summed E-state index contributed by atoms with van der Waals surface area (Å²) in [5.41, 5.74) is 0.795. The number of nitrogens with zero attached hydrogens (tertiary/aromatic N) is 1. The maximum Gasteiger partial charge on any atom is 0.0278 e. The predicted octanol–water partition coefficient (Wildman–Crippen LogP) is 3.17. The highest BCUT2D eigenvalue weighted by Gasteiger charge is 2.42. The molecule has 100 valence electrons. The maximum atomic E-state index is 3.74. The minimum absolute atomic E-state index is 0.326. The largest absolute Gasteiger partial charge is 0.309 e. The first kappa shape index (κ1) is 13.4. The summed E-state index contributed by atoms with van der Waals surface area (Å²) in [5.74, 6) is 0. The van der Waals surface area contributed by atoms with E-state index in [4.69, 9.17) is 0 Å². The monoisotopic (exact) mass is 238 g/mol. The van der Waals surface area contributed by atoms with Crippen LogP contribution in [-0.4, -0.2) is 35.1 Å². The molecule has 1 saturated heterocycles. The second kappa shape index (κ2) is 4.89. The molecule has 2 unspecified atom stereocenters. The van der Waals surface area contributed by atoms with Crippen molar-refractivity contribution in [2.75, 3.05) is 13.1 Å². The first-order chi connectivity index (χ1) is 7.99. The molecule has 0 spiro atoms. The van der Waals surface area contributed by atoms with Crippen molar-refractivity contribution in [3.05, 3.63) is 0 Å². The molecule has 2 aliphatic rings. The molecule has 2 heteroatoms. The quantitative estimate of drug-likeness (QED) is 0.795. The van der Waals surface area contributed by atoms with E-state index in [-0.39, 0.29) is 0 Å². The fourth-order valence-corrected chi connectivity index (χ4v) is 3.65. The highest BCUT2D eigenvalue weighted by molar-refractivity contribution is 5.00. The van der Waals surface area contributed by atoms with Crippen molar-refractivity contribution < 1.29 is 0 Å². The molecule has 2 atom stereocenters. The predicted molar refractivity (Wildman–Crippen MR) is 74.4 cm³/mol. The number of rotatable bonds is 2. The highest BCUT2D eigenvalue weighted by Crippen LogP contribution is 2.37. The molecule has 2 fully saturated rings. The van der Waals surface area contributed by atoms with E-state index in [0.29, 0.717) is 17.1 Å². The van der Waals surface area contributed by atoms with Gasteiger partial charge in [0.2, 0.25) is 0 Å². The summed E-state index contributed by atoms with van der Waals surface area (Å²) in [6.45, 7) is 12.0. The summed E-state index contributed by atoms with van der Waals surface area (Å²) in [6, 6.07) is 0.692. The molecule has 1 heterocycles. The van der Waals surface area contributed by atoms with E-state index in [0.717, 1.165) is 6.54 Å². The van der Waals surface area contributed by atoms with E-state index in [1.54, 1.807) is 0 Å². The Morgan fingerprint density at radius 1 is 1.18 bits per heavy atom. The zero-order valence-electron chi connectivity index (χ0n) is 12.2. The molecule has 17 heavy (non-hydrogen) atoms. The Labute approximate surface area is 107 Å². The average Bonchev–Trinajstić information content (AvgIpc) is 2.33. The Kier molecular flexibility index (Phi) is 3.84. The Balaban J connectivity index is 2.11. The maximum absolute atomic E-state index is 3.74. The van der Waals surface area contributed by atoms with Crippen LogP contribution in [0, 0.1) is 0 Å². The van der Waals surface area contributed by atoms with Crippen LogP contribution in [0.5, 0.6) is 0 Å². The molecule has 0 bridgehead atoms. The lowest BCUT2D eigenvalue weighted by Crippen LogP contribution is -2.67. The number of hydrogen-bond donors (Lipinski definition) is 1. The fraction of sp³-hybridized carbons (Fsp3) is 1.00. The van der Waals surface area contributed by atoms with Crippen LogP contribution in [0.1, 0.15) is 66.2 Å². The lowest BCUT2D eigenvalue weighted by Gasteiger charge is -2.54. The lowest BCUT2D eigenvalue weighted by molar-refractivity contribution is -0.0183. The third kappa shape index (κ3) is 2.68. The molecule has 1 saturated carbocycles. The minimum Gasteiger partial charge on any atom is -0.309 e. The van der Waals surface area contributed by atoms with Crippen molar-refractivity contribution in [1.29, 1.82) is 0 Å². The minimum atomic E-state index is 0.326. The van der Waals surface area contributed by atoms with Gasteiger partial charge in [0, 0.05) is 30.2 Å². The van der Waals surface area contributed by atoms with Gasteiger partial charge in [-0.25, -0.2) is 0 Å². The van der Waals surface area contributed by atoms with E-state index in [1.807, 2.05) is 0 Å². The summed E-state index contributed by atoms with van der Waals surface area (Å²) in [5, 5.41) is 3.74. The first-order valence-electron chi connectivity index (χ1n) is 7.51. The van der Waals surface area contributed by atoms with Gasteiger partial charge in [0.1, 0.15) is 0 Å². The van der Waals surface area contributed by atoms with Crippen LogP contribution in [0.4, 0.5) is 0 Å². The standard InChI is InChI=1S/C15H30N2/c1-5-14(3)12-17(13(2)11-16-14)15(4)9-7-6-8-10-15/h13,16H,5-12H2,1-4H3. The number of hydrogen-bond acceptors (Lipinski definition) is 2. The van der Waals surface area contributed by atoms with Gasteiger partial charge in [-0.3, -0.25) is 4.90 Å². The molecule has 2 nitrogen and oxygen atoms in total. The lowest BCUT2D eigenvalue weighted by atomic mass is 9.79. The Morgan fingerprint density at radius 2 is 1.82 bits per heavy atom. The zero-order chi connectivity index (χ0) is 12.5. The van der Waals surface area contributed by atoms with Crippen molar-refractivity contribution in [3.63, 3.8) is 0 Å². The van der Waals surface area contributed by atoms with Crippen LogP contribution in [0.2, 0.25) is 0 Å². The van der Waals surface area contributed by atoms with Crippen LogP contribution in [-0.2, 0) is 0 Å². The van der Waals surface area contributed by atoms with Crippen molar-refractivity contribution in [3.8, 4) is 0 Å². The molecule has 2 rings (SSSR count). The first-order valence-corrected chi connectivity index (χ1v) is 7.51. The number of nitrogens with one attached hydrogen (secondary N) is 1. The van der Waals surface area contributed by atoms with E-state index >= 15 is 0 Å².